The van der Waals surface area contributed by atoms with Crippen LogP contribution in [-0.2, 0) is 16.6 Å². The molecular weight excluding hydrogens is 437 g/mol. The highest BCUT2D eigenvalue weighted by Crippen LogP contribution is 2.28. The molecule has 0 saturated heterocycles. The monoisotopic (exact) mass is 461 g/mol. The number of nitrogens with zero attached hydrogens (tertiary/aromatic N) is 2. The molecule has 1 heterocycles. The molecule has 0 unspecified atom stereocenters. The Kier molecular flexibility index (Phi) is 7.60. The van der Waals surface area contributed by atoms with E-state index in [4.69, 9.17) is 9.47 Å². The largest absolute Gasteiger partial charge is 0.494 e. The second-order valence-electron chi connectivity index (χ2n) is 6.66. The van der Waals surface area contributed by atoms with Crippen LogP contribution in [-0.4, -0.2) is 38.0 Å². The van der Waals surface area contributed by atoms with Crippen LogP contribution in [0.3, 0.4) is 0 Å². The third-order valence-corrected chi connectivity index (χ3v) is 5.94. The van der Waals surface area contributed by atoms with Crippen LogP contribution >= 0.6 is 0 Å². The highest BCUT2D eigenvalue weighted by atomic mass is 32.2. The van der Waals surface area contributed by atoms with Crippen LogP contribution in [0.2, 0.25) is 0 Å². The van der Waals surface area contributed by atoms with Crippen LogP contribution in [0.1, 0.15) is 13.8 Å². The number of halogens is 1. The van der Waals surface area contributed by atoms with Crippen molar-refractivity contribution in [1.29, 1.82) is 0 Å². The van der Waals surface area contributed by atoms with Crippen LogP contribution in [0, 0.1) is 5.82 Å². The summed E-state index contributed by atoms with van der Waals surface area (Å²) in [6.07, 6.45) is 0. The number of hydrogen-bond donors (Lipinski definition) is 1. The number of sulfonamides is 1. The van der Waals surface area contributed by atoms with Gasteiger partial charge in [0.1, 0.15) is 22.2 Å². The van der Waals surface area contributed by atoms with Crippen LogP contribution < -0.4 is 19.8 Å². The molecular formula is C22H24FN3O5S. The van der Waals surface area contributed by atoms with Crippen molar-refractivity contribution in [1.82, 2.24) is 14.5 Å². The first kappa shape index (κ1) is 23.4. The highest BCUT2D eigenvalue weighted by Gasteiger charge is 2.20. The summed E-state index contributed by atoms with van der Waals surface area (Å²) in [5.41, 5.74) is 0.722. The quantitative estimate of drug-likeness (QED) is 0.499. The summed E-state index contributed by atoms with van der Waals surface area (Å²) >= 11 is 0. The van der Waals surface area contributed by atoms with Crippen molar-refractivity contribution in [2.45, 2.75) is 25.3 Å². The van der Waals surface area contributed by atoms with E-state index >= 15 is 0 Å². The molecule has 1 N–H and O–H groups in total. The third-order valence-electron chi connectivity index (χ3n) is 4.44. The minimum absolute atomic E-state index is 0.00803. The molecule has 0 atom stereocenters. The van der Waals surface area contributed by atoms with Gasteiger partial charge in [-0.15, -0.1) is 0 Å². The number of rotatable bonds is 10. The summed E-state index contributed by atoms with van der Waals surface area (Å²) in [7, 11) is -3.91. The molecule has 1 aromatic heterocycles. The van der Waals surface area contributed by atoms with Gasteiger partial charge in [0.25, 0.3) is 5.56 Å². The van der Waals surface area contributed by atoms with Crippen molar-refractivity contribution < 1.29 is 22.3 Å². The lowest BCUT2D eigenvalue weighted by molar-refractivity contribution is 0.317. The lowest BCUT2D eigenvalue weighted by Crippen LogP contribution is -2.32. The second kappa shape index (κ2) is 10.4. The number of nitrogens with one attached hydrogen (secondary N) is 1. The van der Waals surface area contributed by atoms with Crippen molar-refractivity contribution in [3.8, 4) is 22.8 Å². The van der Waals surface area contributed by atoms with Gasteiger partial charge in [0.05, 0.1) is 25.5 Å². The Bertz CT molecular complexity index is 1230. The lowest BCUT2D eigenvalue weighted by Gasteiger charge is -2.14. The Morgan fingerprint density at radius 1 is 1.00 bits per heavy atom. The fourth-order valence-corrected chi connectivity index (χ4v) is 4.13. The second-order valence-corrected chi connectivity index (χ2v) is 8.39. The van der Waals surface area contributed by atoms with E-state index < -0.39 is 10.0 Å². The van der Waals surface area contributed by atoms with Crippen LogP contribution in [0.5, 0.6) is 11.5 Å². The molecule has 3 aromatic rings. The molecule has 3 rings (SSSR count). The van der Waals surface area contributed by atoms with Gasteiger partial charge < -0.3 is 9.47 Å². The van der Waals surface area contributed by atoms with Gasteiger partial charge in [-0.3, -0.25) is 4.79 Å². The molecule has 8 nitrogen and oxygen atoms in total. The first-order valence-corrected chi connectivity index (χ1v) is 11.6. The van der Waals surface area contributed by atoms with E-state index in [2.05, 4.69) is 9.82 Å². The zero-order chi connectivity index (χ0) is 23.1. The van der Waals surface area contributed by atoms with Gasteiger partial charge in [-0.2, -0.15) is 5.10 Å². The van der Waals surface area contributed by atoms with Crippen LogP contribution in [0.25, 0.3) is 11.3 Å². The van der Waals surface area contributed by atoms with E-state index in [1.807, 2.05) is 6.92 Å². The van der Waals surface area contributed by atoms with Gasteiger partial charge in [-0.25, -0.2) is 22.2 Å². The van der Waals surface area contributed by atoms with E-state index in [0.717, 1.165) is 4.68 Å². The maximum atomic E-state index is 13.1. The molecule has 10 heteroatoms. The topological polar surface area (TPSA) is 99.5 Å². The molecule has 0 aliphatic heterocycles. The van der Waals surface area contributed by atoms with E-state index in [1.165, 1.54) is 36.4 Å². The molecule has 0 radical (unpaired) electrons. The molecule has 0 amide bonds. The zero-order valence-electron chi connectivity index (χ0n) is 17.7. The predicted molar refractivity (Wildman–Crippen MR) is 118 cm³/mol. The predicted octanol–water partition coefficient (Wildman–Crippen LogP) is 2.83. The average molecular weight is 462 g/mol. The number of aromatic nitrogens is 2. The van der Waals surface area contributed by atoms with E-state index in [1.54, 1.807) is 25.1 Å². The summed E-state index contributed by atoms with van der Waals surface area (Å²) in [5.74, 6) is 0.306. The molecule has 0 spiro atoms. The van der Waals surface area contributed by atoms with Gasteiger partial charge in [0.15, 0.2) is 0 Å². The van der Waals surface area contributed by atoms with Crippen molar-refractivity contribution in [2.75, 3.05) is 19.8 Å². The summed E-state index contributed by atoms with van der Waals surface area (Å²) in [4.78, 5) is 12.1. The highest BCUT2D eigenvalue weighted by molar-refractivity contribution is 7.89. The van der Waals surface area contributed by atoms with Gasteiger partial charge in [0, 0.05) is 24.2 Å². The van der Waals surface area contributed by atoms with Crippen molar-refractivity contribution in [3.05, 3.63) is 70.8 Å². The fourth-order valence-electron chi connectivity index (χ4n) is 2.98. The van der Waals surface area contributed by atoms with E-state index in [9.17, 15) is 17.6 Å². The Hall–Kier alpha value is -3.24. The van der Waals surface area contributed by atoms with Crippen molar-refractivity contribution in [3.63, 3.8) is 0 Å². The Balaban J connectivity index is 1.75. The summed E-state index contributed by atoms with van der Waals surface area (Å²) in [6, 6.07) is 13.1. The van der Waals surface area contributed by atoms with Crippen LogP contribution in [0.4, 0.5) is 4.39 Å². The van der Waals surface area contributed by atoms with Gasteiger partial charge in [-0.05, 0) is 56.3 Å². The zero-order valence-corrected chi connectivity index (χ0v) is 18.6. The maximum Gasteiger partial charge on any atom is 0.266 e. The molecule has 2 aromatic carbocycles. The third kappa shape index (κ3) is 5.71. The van der Waals surface area contributed by atoms with E-state index in [0.29, 0.717) is 23.6 Å². The maximum absolute atomic E-state index is 13.1. The summed E-state index contributed by atoms with van der Waals surface area (Å²) in [5, 5.41) is 4.25. The normalized spacial score (nSPS) is 11.3. The Morgan fingerprint density at radius 3 is 2.41 bits per heavy atom. The number of ether oxygens (including phenoxy) is 2. The smallest absolute Gasteiger partial charge is 0.266 e. The molecule has 0 saturated carbocycles. The molecule has 170 valence electrons. The van der Waals surface area contributed by atoms with Crippen molar-refractivity contribution in [2.24, 2.45) is 0 Å². The summed E-state index contributed by atoms with van der Waals surface area (Å²) in [6.45, 7) is 4.24. The Morgan fingerprint density at radius 2 is 1.72 bits per heavy atom. The SMILES string of the molecule is CCOc1ccc(S(=O)(=O)NCCn2nc(-c3ccc(F)cc3)ccc2=O)c(OCC)c1. The molecule has 32 heavy (non-hydrogen) atoms. The van der Waals surface area contributed by atoms with Gasteiger partial charge in [-0.1, -0.05) is 0 Å². The molecule has 0 fully saturated rings. The first-order chi connectivity index (χ1) is 15.3. The number of hydrogen-bond acceptors (Lipinski definition) is 6. The van der Waals surface area contributed by atoms with E-state index in [-0.39, 0.29) is 41.7 Å². The van der Waals surface area contributed by atoms with Crippen molar-refractivity contribution >= 4 is 10.0 Å². The first-order valence-electron chi connectivity index (χ1n) is 10.1. The van der Waals surface area contributed by atoms with Gasteiger partial charge >= 0.3 is 0 Å². The average Bonchev–Trinajstić information content (AvgIpc) is 2.76. The molecule has 0 aliphatic rings. The number of benzene rings is 2. The fraction of sp³-hybridized carbons (Fsp3) is 0.273. The minimum Gasteiger partial charge on any atom is -0.494 e. The Labute approximate surface area is 185 Å². The standard InChI is InChI=1S/C22H24FN3O5S/c1-3-30-18-9-11-21(20(15-18)31-4-2)32(28,29)24-13-14-26-22(27)12-10-19(25-26)16-5-7-17(23)8-6-16/h5-12,15,24H,3-4,13-14H2,1-2H3. The molecule has 0 aliphatic carbocycles. The lowest BCUT2D eigenvalue weighted by atomic mass is 10.1. The molecule has 0 bridgehead atoms. The minimum atomic E-state index is -3.91. The summed E-state index contributed by atoms with van der Waals surface area (Å²) < 4.78 is 53.3. The van der Waals surface area contributed by atoms with Gasteiger partial charge in [0.2, 0.25) is 10.0 Å². The van der Waals surface area contributed by atoms with Crippen LogP contribution in [0.15, 0.2) is 64.3 Å².